The first-order chi connectivity index (χ1) is 9.97. The van der Waals surface area contributed by atoms with Crippen LogP contribution in [0, 0.1) is 19.7 Å². The molecular weight excluding hydrogens is 283 g/mol. The molecule has 0 spiro atoms. The Morgan fingerprint density at radius 2 is 1.86 bits per heavy atom. The molecule has 4 heteroatoms. The smallest absolute Gasteiger partial charge is 0.173 e. The van der Waals surface area contributed by atoms with Crippen molar-refractivity contribution in [2.24, 2.45) is 0 Å². The molecule has 0 unspecified atom stereocenters. The van der Waals surface area contributed by atoms with Crippen LogP contribution in [-0.2, 0) is 6.54 Å². The highest BCUT2D eigenvalue weighted by atomic mass is 32.1. The molecule has 0 aliphatic carbocycles. The van der Waals surface area contributed by atoms with Gasteiger partial charge in [-0.15, -0.1) is 0 Å². The van der Waals surface area contributed by atoms with E-state index in [1.807, 2.05) is 30.1 Å². The Kier molecular flexibility index (Phi) is 4.91. The number of rotatable bonds is 3. The summed E-state index contributed by atoms with van der Waals surface area (Å²) < 4.78 is 13.5. The highest BCUT2D eigenvalue weighted by molar-refractivity contribution is 7.80. The molecule has 21 heavy (non-hydrogen) atoms. The number of thiocarbonyl (C=S) groups is 1. The quantitative estimate of drug-likeness (QED) is 0.852. The summed E-state index contributed by atoms with van der Waals surface area (Å²) in [5, 5.41) is 3.64. The summed E-state index contributed by atoms with van der Waals surface area (Å²) in [5.41, 5.74) is 3.74. The molecular formula is C17H19FN2S. The van der Waals surface area contributed by atoms with E-state index >= 15 is 0 Å². The number of nitrogens with zero attached hydrogens (tertiary/aromatic N) is 1. The molecule has 0 aliphatic rings. The number of hydrogen-bond acceptors (Lipinski definition) is 1. The van der Waals surface area contributed by atoms with Gasteiger partial charge in [0.15, 0.2) is 5.11 Å². The lowest BCUT2D eigenvalue weighted by Gasteiger charge is -2.22. The Balaban J connectivity index is 2.02. The van der Waals surface area contributed by atoms with E-state index < -0.39 is 0 Å². The predicted octanol–water partition coefficient (Wildman–Crippen LogP) is 4.27. The zero-order chi connectivity index (χ0) is 15.4. The van der Waals surface area contributed by atoms with E-state index in [1.54, 1.807) is 13.0 Å². The molecule has 0 fully saturated rings. The van der Waals surface area contributed by atoms with E-state index in [1.165, 1.54) is 17.2 Å². The number of nitrogens with one attached hydrogen (secondary N) is 1. The van der Waals surface area contributed by atoms with Gasteiger partial charge in [-0.3, -0.25) is 0 Å². The third-order valence-electron chi connectivity index (χ3n) is 3.44. The molecule has 0 atom stereocenters. The maximum absolute atomic E-state index is 13.5. The van der Waals surface area contributed by atoms with Gasteiger partial charge in [0, 0.05) is 19.3 Å². The lowest BCUT2D eigenvalue weighted by Crippen LogP contribution is -2.30. The van der Waals surface area contributed by atoms with E-state index in [-0.39, 0.29) is 5.82 Å². The van der Waals surface area contributed by atoms with Crippen molar-refractivity contribution >= 4 is 23.0 Å². The first-order valence-corrected chi connectivity index (χ1v) is 7.21. The Hall–Kier alpha value is -1.94. The second kappa shape index (κ2) is 6.68. The minimum Gasteiger partial charge on any atom is -0.348 e. The van der Waals surface area contributed by atoms with Gasteiger partial charge in [-0.25, -0.2) is 4.39 Å². The Labute approximate surface area is 130 Å². The van der Waals surface area contributed by atoms with E-state index in [0.717, 1.165) is 0 Å². The molecule has 2 rings (SSSR count). The lowest BCUT2D eigenvalue weighted by molar-refractivity contribution is 0.507. The number of halogens is 1. The average Bonchev–Trinajstić information content (AvgIpc) is 2.45. The van der Waals surface area contributed by atoms with Crippen molar-refractivity contribution in [3.05, 3.63) is 65.0 Å². The van der Waals surface area contributed by atoms with Crippen LogP contribution in [0.15, 0.2) is 42.5 Å². The molecule has 0 aromatic heterocycles. The summed E-state index contributed by atoms with van der Waals surface area (Å²) in [5.74, 6) is -0.232. The van der Waals surface area contributed by atoms with Crippen LogP contribution in [0.25, 0.3) is 0 Å². The van der Waals surface area contributed by atoms with Gasteiger partial charge in [-0.05, 0) is 54.9 Å². The highest BCUT2D eigenvalue weighted by Crippen LogP contribution is 2.15. The fraction of sp³-hybridized carbons (Fsp3) is 0.235. The Bertz CT molecular complexity index is 655. The third-order valence-corrected chi connectivity index (χ3v) is 3.85. The van der Waals surface area contributed by atoms with Crippen LogP contribution in [0.4, 0.5) is 10.1 Å². The molecule has 0 bridgehead atoms. The summed E-state index contributed by atoms with van der Waals surface area (Å²) in [6, 6.07) is 13.2. The van der Waals surface area contributed by atoms with Crippen LogP contribution >= 0.6 is 12.2 Å². The van der Waals surface area contributed by atoms with E-state index in [9.17, 15) is 4.39 Å². The molecule has 0 aliphatic heterocycles. The normalized spacial score (nSPS) is 10.3. The van der Waals surface area contributed by atoms with E-state index in [4.69, 9.17) is 12.2 Å². The van der Waals surface area contributed by atoms with Crippen LogP contribution in [-0.4, -0.2) is 17.1 Å². The van der Waals surface area contributed by atoms with Crippen molar-refractivity contribution in [2.75, 3.05) is 12.4 Å². The van der Waals surface area contributed by atoms with Crippen LogP contribution in [0.5, 0.6) is 0 Å². The Morgan fingerprint density at radius 3 is 2.52 bits per heavy atom. The molecule has 1 N–H and O–H groups in total. The molecule has 0 heterocycles. The van der Waals surface area contributed by atoms with Gasteiger partial charge in [0.25, 0.3) is 0 Å². The Morgan fingerprint density at radius 1 is 1.14 bits per heavy atom. The van der Waals surface area contributed by atoms with Gasteiger partial charge in [-0.2, -0.15) is 0 Å². The van der Waals surface area contributed by atoms with E-state index in [0.29, 0.717) is 22.9 Å². The fourth-order valence-corrected chi connectivity index (χ4v) is 2.19. The predicted molar refractivity (Wildman–Crippen MR) is 90.0 cm³/mol. The lowest BCUT2D eigenvalue weighted by atomic mass is 10.1. The molecule has 0 saturated carbocycles. The number of anilines is 1. The summed E-state index contributed by atoms with van der Waals surface area (Å²) >= 11 is 5.37. The van der Waals surface area contributed by atoms with Crippen LogP contribution in [0.3, 0.4) is 0 Å². The van der Waals surface area contributed by atoms with Crippen LogP contribution in [0.2, 0.25) is 0 Å². The average molecular weight is 302 g/mol. The van der Waals surface area contributed by atoms with Gasteiger partial charge in [0.05, 0.1) is 0 Å². The molecule has 2 aromatic rings. The zero-order valence-electron chi connectivity index (χ0n) is 12.5. The van der Waals surface area contributed by atoms with Crippen molar-refractivity contribution < 1.29 is 4.39 Å². The largest absolute Gasteiger partial charge is 0.348 e. The standard InChI is InChI=1S/C17H19FN2S/c1-12-6-4-5-7-14(12)11-20(3)17(21)19-15-9-8-13(2)16(18)10-15/h4-10H,11H2,1-3H3,(H,19,21). The second-order valence-electron chi connectivity index (χ2n) is 5.18. The molecule has 0 radical (unpaired) electrons. The number of benzene rings is 2. The maximum atomic E-state index is 13.5. The fourth-order valence-electron chi connectivity index (χ4n) is 2.00. The molecule has 110 valence electrons. The first-order valence-electron chi connectivity index (χ1n) is 6.80. The molecule has 0 amide bonds. The van der Waals surface area contributed by atoms with Crippen molar-refractivity contribution in [3.8, 4) is 0 Å². The summed E-state index contributed by atoms with van der Waals surface area (Å²) in [4.78, 5) is 1.94. The molecule has 2 nitrogen and oxygen atoms in total. The molecule has 2 aromatic carbocycles. The number of aryl methyl sites for hydroxylation is 2. The van der Waals surface area contributed by atoms with Crippen LogP contribution < -0.4 is 5.32 Å². The minimum atomic E-state index is -0.232. The van der Waals surface area contributed by atoms with Gasteiger partial charge in [0.2, 0.25) is 0 Å². The van der Waals surface area contributed by atoms with Gasteiger partial charge in [-0.1, -0.05) is 30.3 Å². The summed E-state index contributed by atoms with van der Waals surface area (Å²) in [7, 11) is 1.92. The van der Waals surface area contributed by atoms with E-state index in [2.05, 4.69) is 24.4 Å². The van der Waals surface area contributed by atoms with Crippen molar-refractivity contribution in [2.45, 2.75) is 20.4 Å². The minimum absolute atomic E-state index is 0.232. The highest BCUT2D eigenvalue weighted by Gasteiger charge is 2.08. The van der Waals surface area contributed by atoms with Crippen molar-refractivity contribution in [1.82, 2.24) is 4.90 Å². The first kappa shape index (κ1) is 15.4. The summed E-state index contributed by atoms with van der Waals surface area (Å²) in [6.45, 7) is 4.53. The van der Waals surface area contributed by atoms with Crippen molar-refractivity contribution in [3.63, 3.8) is 0 Å². The third kappa shape index (κ3) is 4.02. The summed E-state index contributed by atoms with van der Waals surface area (Å²) in [6.07, 6.45) is 0. The monoisotopic (exact) mass is 302 g/mol. The van der Waals surface area contributed by atoms with Gasteiger partial charge >= 0.3 is 0 Å². The van der Waals surface area contributed by atoms with Gasteiger partial charge in [0.1, 0.15) is 5.82 Å². The number of hydrogen-bond donors (Lipinski definition) is 1. The van der Waals surface area contributed by atoms with Gasteiger partial charge < -0.3 is 10.2 Å². The SMILES string of the molecule is Cc1ccc(NC(=S)N(C)Cc2ccccc2C)cc1F. The zero-order valence-corrected chi connectivity index (χ0v) is 13.3. The maximum Gasteiger partial charge on any atom is 0.173 e. The van der Waals surface area contributed by atoms with Crippen LogP contribution in [0.1, 0.15) is 16.7 Å². The second-order valence-corrected chi connectivity index (χ2v) is 5.56. The molecule has 0 saturated heterocycles. The topological polar surface area (TPSA) is 15.3 Å². The van der Waals surface area contributed by atoms with Crippen molar-refractivity contribution in [1.29, 1.82) is 0 Å².